The van der Waals surface area contributed by atoms with Crippen LogP contribution in [0.4, 0.5) is 0 Å². The van der Waals surface area contributed by atoms with E-state index in [1.165, 1.54) is 6.92 Å². The molecule has 5 heteroatoms. The number of rotatable bonds is 4. The maximum Gasteiger partial charge on any atom is 0.336 e. The minimum absolute atomic E-state index is 0.0709. The minimum atomic E-state index is -1.81. The molecule has 0 bridgehead atoms. The van der Waals surface area contributed by atoms with Crippen molar-refractivity contribution >= 4 is 17.5 Å². The van der Waals surface area contributed by atoms with E-state index < -0.39 is 29.1 Å². The van der Waals surface area contributed by atoms with Crippen LogP contribution < -0.4 is 0 Å². The molecule has 0 saturated carbocycles. The molecule has 1 N–H and O–H groups in total. The SMILES string of the molecule is CCOC(=O)C(O)C1(C)C(=O)c2cccc(CC)c2C1=O. The third-order valence-corrected chi connectivity index (χ3v) is 4.00. The predicted molar refractivity (Wildman–Crippen MR) is 75.2 cm³/mol. The number of hydrogen-bond donors (Lipinski definition) is 1. The van der Waals surface area contributed by atoms with Gasteiger partial charge in [-0.15, -0.1) is 0 Å². The molecule has 0 heterocycles. The van der Waals surface area contributed by atoms with Gasteiger partial charge in [0.2, 0.25) is 0 Å². The number of carbonyl (C=O) groups excluding carboxylic acids is 3. The van der Waals surface area contributed by atoms with Crippen LogP contribution in [0.25, 0.3) is 0 Å². The Labute approximate surface area is 122 Å². The zero-order valence-corrected chi connectivity index (χ0v) is 12.3. The van der Waals surface area contributed by atoms with E-state index in [2.05, 4.69) is 0 Å². The van der Waals surface area contributed by atoms with Crippen LogP contribution in [-0.4, -0.2) is 35.4 Å². The highest BCUT2D eigenvalue weighted by Gasteiger charge is 2.57. The number of aliphatic hydroxyl groups excluding tert-OH is 1. The second kappa shape index (κ2) is 5.41. The quantitative estimate of drug-likeness (QED) is 0.672. The lowest BCUT2D eigenvalue weighted by Crippen LogP contribution is -2.47. The minimum Gasteiger partial charge on any atom is -0.464 e. The number of aryl methyl sites for hydroxylation is 1. The summed E-state index contributed by atoms with van der Waals surface area (Å²) in [6.07, 6.45) is -1.21. The van der Waals surface area contributed by atoms with Gasteiger partial charge in [-0.2, -0.15) is 0 Å². The Morgan fingerprint density at radius 3 is 2.52 bits per heavy atom. The van der Waals surface area contributed by atoms with Crippen molar-refractivity contribution in [2.75, 3.05) is 6.61 Å². The molecule has 0 saturated heterocycles. The van der Waals surface area contributed by atoms with Gasteiger partial charge in [0, 0.05) is 11.1 Å². The summed E-state index contributed by atoms with van der Waals surface area (Å²) in [4.78, 5) is 37.0. The first-order valence-electron chi connectivity index (χ1n) is 6.95. The molecule has 5 nitrogen and oxygen atoms in total. The first kappa shape index (κ1) is 15.4. The lowest BCUT2D eigenvalue weighted by molar-refractivity contribution is -0.156. The second-order valence-electron chi connectivity index (χ2n) is 5.21. The Morgan fingerprint density at radius 2 is 1.95 bits per heavy atom. The van der Waals surface area contributed by atoms with Gasteiger partial charge in [0.05, 0.1) is 6.61 Å². The van der Waals surface area contributed by atoms with E-state index >= 15 is 0 Å². The molecule has 2 unspecified atom stereocenters. The Morgan fingerprint density at radius 1 is 1.29 bits per heavy atom. The molecule has 2 atom stereocenters. The molecule has 0 amide bonds. The average Bonchev–Trinajstić information content (AvgIpc) is 2.69. The van der Waals surface area contributed by atoms with E-state index in [-0.39, 0.29) is 12.2 Å². The largest absolute Gasteiger partial charge is 0.464 e. The maximum absolute atomic E-state index is 12.7. The van der Waals surface area contributed by atoms with Crippen molar-refractivity contribution < 1.29 is 24.2 Å². The Kier molecular flexibility index (Phi) is 3.96. The van der Waals surface area contributed by atoms with Crippen LogP contribution in [0.1, 0.15) is 47.1 Å². The van der Waals surface area contributed by atoms with Gasteiger partial charge in [0.15, 0.2) is 17.7 Å². The Hall–Kier alpha value is -2.01. The smallest absolute Gasteiger partial charge is 0.336 e. The van der Waals surface area contributed by atoms with Gasteiger partial charge in [-0.1, -0.05) is 25.1 Å². The summed E-state index contributed by atoms with van der Waals surface area (Å²) in [5.41, 5.74) is -0.480. The van der Waals surface area contributed by atoms with Crippen molar-refractivity contribution in [3.8, 4) is 0 Å². The van der Waals surface area contributed by atoms with Gasteiger partial charge < -0.3 is 9.84 Å². The highest BCUT2D eigenvalue weighted by atomic mass is 16.5. The van der Waals surface area contributed by atoms with Gasteiger partial charge in [0.1, 0.15) is 5.41 Å². The molecule has 1 aliphatic rings. The van der Waals surface area contributed by atoms with Crippen LogP contribution in [-0.2, 0) is 16.0 Å². The lowest BCUT2D eigenvalue weighted by Gasteiger charge is -2.25. The summed E-state index contributed by atoms with van der Waals surface area (Å²) < 4.78 is 4.74. The zero-order chi connectivity index (χ0) is 15.8. The Bertz CT molecular complexity index is 619. The summed E-state index contributed by atoms with van der Waals surface area (Å²) in [6.45, 7) is 4.85. The van der Waals surface area contributed by atoms with E-state index in [9.17, 15) is 19.5 Å². The van der Waals surface area contributed by atoms with Gasteiger partial charge in [-0.25, -0.2) is 4.79 Å². The van der Waals surface area contributed by atoms with Crippen LogP contribution >= 0.6 is 0 Å². The van der Waals surface area contributed by atoms with Crippen molar-refractivity contribution in [2.45, 2.75) is 33.3 Å². The normalized spacial score (nSPS) is 22.1. The van der Waals surface area contributed by atoms with Gasteiger partial charge >= 0.3 is 5.97 Å². The number of ketones is 2. The van der Waals surface area contributed by atoms with Crippen molar-refractivity contribution in [3.63, 3.8) is 0 Å². The second-order valence-corrected chi connectivity index (χ2v) is 5.21. The van der Waals surface area contributed by atoms with Crippen LogP contribution in [0.3, 0.4) is 0 Å². The predicted octanol–water partition coefficient (Wildman–Crippen LogP) is 1.56. The van der Waals surface area contributed by atoms with Crippen molar-refractivity contribution in [3.05, 3.63) is 34.9 Å². The van der Waals surface area contributed by atoms with Crippen LogP contribution in [0.2, 0.25) is 0 Å². The number of hydrogen-bond acceptors (Lipinski definition) is 5. The number of Topliss-reactive ketones (excluding diaryl/α,β-unsaturated/α-hetero) is 2. The van der Waals surface area contributed by atoms with Crippen LogP contribution in [0.5, 0.6) is 0 Å². The molecular formula is C16H18O5. The summed E-state index contributed by atoms with van der Waals surface area (Å²) in [7, 11) is 0. The van der Waals surface area contributed by atoms with Crippen molar-refractivity contribution in [1.82, 2.24) is 0 Å². The fraction of sp³-hybridized carbons (Fsp3) is 0.438. The fourth-order valence-corrected chi connectivity index (χ4v) is 2.70. The molecule has 1 aromatic carbocycles. The number of carbonyl (C=O) groups is 3. The molecule has 21 heavy (non-hydrogen) atoms. The van der Waals surface area contributed by atoms with E-state index in [4.69, 9.17) is 4.74 Å². The van der Waals surface area contributed by atoms with E-state index in [0.29, 0.717) is 12.0 Å². The molecule has 0 aromatic heterocycles. The molecule has 0 fully saturated rings. The third kappa shape index (κ3) is 2.08. The number of benzene rings is 1. The molecule has 0 spiro atoms. The molecule has 1 aromatic rings. The highest BCUT2D eigenvalue weighted by molar-refractivity contribution is 6.31. The monoisotopic (exact) mass is 290 g/mol. The highest BCUT2D eigenvalue weighted by Crippen LogP contribution is 2.41. The summed E-state index contributed by atoms with van der Waals surface area (Å²) >= 11 is 0. The number of fused-ring (bicyclic) bond motifs is 1. The molecule has 2 rings (SSSR count). The van der Waals surface area contributed by atoms with E-state index in [1.807, 2.05) is 6.92 Å². The summed E-state index contributed by atoms with van der Waals surface area (Å²) in [6, 6.07) is 5.02. The van der Waals surface area contributed by atoms with E-state index in [0.717, 1.165) is 5.56 Å². The number of ether oxygens (including phenoxy) is 1. The Balaban J connectivity index is 2.52. The summed E-state index contributed by atoms with van der Waals surface area (Å²) in [5.74, 6) is -1.99. The van der Waals surface area contributed by atoms with E-state index in [1.54, 1.807) is 25.1 Å². The molecule has 112 valence electrons. The average molecular weight is 290 g/mol. The van der Waals surface area contributed by atoms with Crippen LogP contribution in [0, 0.1) is 5.41 Å². The standard InChI is InChI=1S/C16H18O5/c1-4-9-7-6-8-10-11(9)13(18)16(3,12(10)17)14(19)15(20)21-5-2/h6-8,14,19H,4-5H2,1-3H3. The lowest BCUT2D eigenvalue weighted by atomic mass is 9.79. The topological polar surface area (TPSA) is 80.7 Å². The molecule has 0 aliphatic heterocycles. The number of esters is 1. The van der Waals surface area contributed by atoms with Gasteiger partial charge in [-0.05, 0) is 25.8 Å². The molecule has 1 aliphatic carbocycles. The van der Waals surface area contributed by atoms with Gasteiger partial charge in [-0.3, -0.25) is 9.59 Å². The van der Waals surface area contributed by atoms with Crippen molar-refractivity contribution in [2.24, 2.45) is 5.41 Å². The maximum atomic E-state index is 12.7. The molecule has 0 radical (unpaired) electrons. The zero-order valence-electron chi connectivity index (χ0n) is 12.3. The van der Waals surface area contributed by atoms with Gasteiger partial charge in [0.25, 0.3) is 0 Å². The first-order chi connectivity index (χ1) is 9.89. The first-order valence-corrected chi connectivity index (χ1v) is 6.95. The van der Waals surface area contributed by atoms with Crippen molar-refractivity contribution in [1.29, 1.82) is 0 Å². The fourth-order valence-electron chi connectivity index (χ4n) is 2.70. The van der Waals surface area contributed by atoms with Crippen LogP contribution in [0.15, 0.2) is 18.2 Å². The third-order valence-electron chi connectivity index (χ3n) is 4.00. The number of aliphatic hydroxyl groups is 1. The summed E-state index contributed by atoms with van der Waals surface area (Å²) in [5, 5.41) is 10.2. The molecular weight excluding hydrogens is 272 g/mol.